The van der Waals surface area contributed by atoms with Crippen LogP contribution in [0.15, 0.2) is 18.3 Å². The maximum Gasteiger partial charge on any atom is 0.222 e. The summed E-state index contributed by atoms with van der Waals surface area (Å²) in [7, 11) is 0. The predicted molar refractivity (Wildman–Crippen MR) is 92.5 cm³/mol. The molecule has 3 rings (SSSR count). The summed E-state index contributed by atoms with van der Waals surface area (Å²) in [6.45, 7) is 6.65. The number of rotatable bonds is 6. The number of aryl methyl sites for hydroxylation is 3. The SMILES string of the molecule is Cc1cc(C)n(CCCC(=O)N2CCC[C@H](Cc3ccn[nH]3)C2)n1. The minimum atomic E-state index is 0.283. The van der Waals surface area contributed by atoms with Crippen molar-refractivity contribution in [3.8, 4) is 0 Å². The molecule has 2 aromatic rings. The molecule has 0 bridgehead atoms. The number of nitrogens with one attached hydrogen (secondary N) is 1. The van der Waals surface area contributed by atoms with E-state index in [-0.39, 0.29) is 5.91 Å². The van der Waals surface area contributed by atoms with Crippen LogP contribution in [0.25, 0.3) is 0 Å². The fraction of sp³-hybridized carbons (Fsp3) is 0.611. The van der Waals surface area contributed by atoms with Gasteiger partial charge in [0.05, 0.1) is 5.69 Å². The topological polar surface area (TPSA) is 66.8 Å². The second-order valence-electron chi connectivity index (χ2n) is 6.89. The van der Waals surface area contributed by atoms with Gasteiger partial charge in [0, 0.05) is 43.6 Å². The molecule has 1 atom stereocenters. The Hall–Kier alpha value is -2.11. The van der Waals surface area contributed by atoms with Gasteiger partial charge < -0.3 is 4.90 Å². The number of H-pyrrole nitrogens is 1. The Balaban J connectivity index is 1.45. The molecule has 0 saturated carbocycles. The van der Waals surface area contributed by atoms with E-state index in [9.17, 15) is 4.79 Å². The summed E-state index contributed by atoms with van der Waals surface area (Å²) in [5.41, 5.74) is 3.37. The monoisotopic (exact) mass is 329 g/mol. The molecule has 24 heavy (non-hydrogen) atoms. The van der Waals surface area contributed by atoms with Crippen molar-refractivity contribution in [3.05, 3.63) is 35.4 Å². The van der Waals surface area contributed by atoms with E-state index in [1.807, 2.05) is 22.6 Å². The second-order valence-corrected chi connectivity index (χ2v) is 6.89. The standard InChI is InChI=1S/C18H27N5O/c1-14-11-15(2)23(21-14)10-4-6-18(24)22-9-3-5-16(13-22)12-17-7-8-19-20-17/h7-8,11,16H,3-6,9-10,12-13H2,1-2H3,(H,19,20)/t16-/m1/s1. The van der Waals surface area contributed by atoms with Crippen LogP contribution in [0.3, 0.4) is 0 Å². The number of hydrogen-bond donors (Lipinski definition) is 1. The van der Waals surface area contributed by atoms with Gasteiger partial charge in [-0.05, 0) is 57.6 Å². The molecule has 0 aliphatic carbocycles. The molecule has 6 heteroatoms. The van der Waals surface area contributed by atoms with Crippen LogP contribution in [0.1, 0.15) is 42.8 Å². The number of nitrogens with zero attached hydrogens (tertiary/aromatic N) is 4. The van der Waals surface area contributed by atoms with Crippen LogP contribution in [0, 0.1) is 19.8 Å². The minimum Gasteiger partial charge on any atom is -0.342 e. The number of piperidine rings is 1. The molecule has 1 aliphatic rings. The lowest BCUT2D eigenvalue weighted by Gasteiger charge is -2.32. The molecular weight excluding hydrogens is 302 g/mol. The minimum absolute atomic E-state index is 0.283. The summed E-state index contributed by atoms with van der Waals surface area (Å²) in [5.74, 6) is 0.824. The zero-order valence-electron chi connectivity index (χ0n) is 14.7. The highest BCUT2D eigenvalue weighted by Crippen LogP contribution is 2.21. The van der Waals surface area contributed by atoms with Gasteiger partial charge >= 0.3 is 0 Å². The maximum absolute atomic E-state index is 12.5. The van der Waals surface area contributed by atoms with Gasteiger partial charge in [-0.2, -0.15) is 10.2 Å². The number of hydrogen-bond acceptors (Lipinski definition) is 3. The fourth-order valence-electron chi connectivity index (χ4n) is 3.61. The summed E-state index contributed by atoms with van der Waals surface area (Å²) < 4.78 is 2.00. The van der Waals surface area contributed by atoms with Crippen molar-refractivity contribution in [3.63, 3.8) is 0 Å². The van der Waals surface area contributed by atoms with Gasteiger partial charge in [-0.25, -0.2) is 0 Å². The van der Waals surface area contributed by atoms with Crippen molar-refractivity contribution >= 4 is 5.91 Å². The van der Waals surface area contributed by atoms with Gasteiger partial charge in [-0.1, -0.05) is 0 Å². The number of aromatic nitrogens is 4. The van der Waals surface area contributed by atoms with Crippen molar-refractivity contribution in [2.24, 2.45) is 5.92 Å². The average molecular weight is 329 g/mol. The molecule has 0 unspecified atom stereocenters. The molecule has 1 amide bonds. The molecule has 1 fully saturated rings. The molecule has 0 radical (unpaired) electrons. The van der Waals surface area contributed by atoms with E-state index in [1.54, 1.807) is 6.20 Å². The highest BCUT2D eigenvalue weighted by atomic mass is 16.2. The molecule has 1 saturated heterocycles. The van der Waals surface area contributed by atoms with Crippen molar-refractivity contribution < 1.29 is 4.79 Å². The Morgan fingerprint density at radius 3 is 3.00 bits per heavy atom. The third-order valence-electron chi connectivity index (χ3n) is 4.80. The fourth-order valence-corrected chi connectivity index (χ4v) is 3.61. The highest BCUT2D eigenvalue weighted by Gasteiger charge is 2.23. The number of amides is 1. The van der Waals surface area contributed by atoms with Gasteiger partial charge in [0.1, 0.15) is 0 Å². The van der Waals surface area contributed by atoms with Crippen LogP contribution < -0.4 is 0 Å². The second kappa shape index (κ2) is 7.64. The van der Waals surface area contributed by atoms with Gasteiger partial charge in [0.2, 0.25) is 5.91 Å². The number of carbonyl (C=O) groups is 1. The highest BCUT2D eigenvalue weighted by molar-refractivity contribution is 5.76. The molecule has 130 valence electrons. The van der Waals surface area contributed by atoms with Crippen molar-refractivity contribution in [1.82, 2.24) is 24.9 Å². The van der Waals surface area contributed by atoms with Gasteiger partial charge in [-0.15, -0.1) is 0 Å². The lowest BCUT2D eigenvalue weighted by Crippen LogP contribution is -2.40. The van der Waals surface area contributed by atoms with Crippen molar-refractivity contribution in [2.75, 3.05) is 13.1 Å². The van der Waals surface area contributed by atoms with Crippen LogP contribution in [-0.4, -0.2) is 43.9 Å². The van der Waals surface area contributed by atoms with Gasteiger partial charge in [0.15, 0.2) is 0 Å². The summed E-state index contributed by atoms with van der Waals surface area (Å²) in [4.78, 5) is 14.5. The van der Waals surface area contributed by atoms with Crippen LogP contribution in [-0.2, 0) is 17.8 Å². The quantitative estimate of drug-likeness (QED) is 0.885. The number of aromatic amines is 1. The van der Waals surface area contributed by atoms with E-state index >= 15 is 0 Å². The summed E-state index contributed by atoms with van der Waals surface area (Å²) in [5, 5.41) is 11.5. The first kappa shape index (κ1) is 16.7. The molecule has 2 aromatic heterocycles. The zero-order chi connectivity index (χ0) is 16.9. The predicted octanol–water partition coefficient (Wildman–Crippen LogP) is 2.48. The van der Waals surface area contributed by atoms with Crippen LogP contribution in [0.5, 0.6) is 0 Å². The molecule has 6 nitrogen and oxygen atoms in total. The molecular formula is C18H27N5O. The Labute approximate surface area is 143 Å². The van der Waals surface area contributed by atoms with E-state index in [4.69, 9.17) is 0 Å². The van der Waals surface area contributed by atoms with E-state index < -0.39 is 0 Å². The smallest absolute Gasteiger partial charge is 0.222 e. The molecule has 1 aliphatic heterocycles. The summed E-state index contributed by atoms with van der Waals surface area (Å²) in [6.07, 6.45) is 6.52. The summed E-state index contributed by atoms with van der Waals surface area (Å²) in [6, 6.07) is 4.10. The maximum atomic E-state index is 12.5. The largest absolute Gasteiger partial charge is 0.342 e. The van der Waals surface area contributed by atoms with Gasteiger partial charge in [0.25, 0.3) is 0 Å². The normalized spacial score (nSPS) is 18.1. The Morgan fingerprint density at radius 2 is 2.29 bits per heavy atom. The van der Waals surface area contributed by atoms with Gasteiger partial charge in [-0.3, -0.25) is 14.6 Å². The Bertz CT molecular complexity index is 661. The number of likely N-dealkylation sites (tertiary alicyclic amines) is 1. The van der Waals surface area contributed by atoms with E-state index in [1.165, 1.54) is 12.1 Å². The third kappa shape index (κ3) is 4.24. The van der Waals surface area contributed by atoms with Crippen LogP contribution in [0.4, 0.5) is 0 Å². The molecule has 0 aromatic carbocycles. The first-order valence-electron chi connectivity index (χ1n) is 8.89. The van der Waals surface area contributed by atoms with Crippen LogP contribution in [0.2, 0.25) is 0 Å². The average Bonchev–Trinajstić information content (AvgIpc) is 3.17. The lowest BCUT2D eigenvalue weighted by molar-refractivity contribution is -0.133. The van der Waals surface area contributed by atoms with Crippen molar-refractivity contribution in [2.45, 2.75) is 52.5 Å². The lowest BCUT2D eigenvalue weighted by atomic mass is 9.93. The van der Waals surface area contributed by atoms with E-state index in [0.29, 0.717) is 12.3 Å². The summed E-state index contributed by atoms with van der Waals surface area (Å²) >= 11 is 0. The molecule has 1 N–H and O–H groups in total. The Morgan fingerprint density at radius 1 is 1.42 bits per heavy atom. The molecule has 0 spiro atoms. The zero-order valence-corrected chi connectivity index (χ0v) is 14.7. The Kier molecular flexibility index (Phi) is 5.33. The molecule has 3 heterocycles. The third-order valence-corrected chi connectivity index (χ3v) is 4.80. The van der Waals surface area contributed by atoms with E-state index in [0.717, 1.165) is 50.3 Å². The first-order valence-corrected chi connectivity index (χ1v) is 8.89. The van der Waals surface area contributed by atoms with E-state index in [2.05, 4.69) is 28.3 Å². The van der Waals surface area contributed by atoms with Crippen LogP contribution >= 0.6 is 0 Å². The number of carbonyl (C=O) groups excluding carboxylic acids is 1. The van der Waals surface area contributed by atoms with Crippen molar-refractivity contribution in [1.29, 1.82) is 0 Å². The first-order chi connectivity index (χ1) is 11.6.